The molecule has 0 atom stereocenters. The molecule has 0 saturated carbocycles. The summed E-state index contributed by atoms with van der Waals surface area (Å²) in [7, 11) is 0. The maximum absolute atomic E-state index is 10.1. The molecule has 0 spiro atoms. The van der Waals surface area contributed by atoms with Gasteiger partial charge in [0.1, 0.15) is 10.8 Å². The third kappa shape index (κ3) is 2.98. The van der Waals surface area contributed by atoms with Gasteiger partial charge in [-0.25, -0.2) is 4.98 Å². The Bertz CT molecular complexity index is 582. The quantitative estimate of drug-likeness (QED) is 0.786. The van der Waals surface area contributed by atoms with E-state index in [4.69, 9.17) is 0 Å². The second kappa shape index (κ2) is 5.87. The molecule has 0 amide bonds. The molecule has 0 unspecified atom stereocenters. The highest BCUT2D eigenvalue weighted by Gasteiger charge is 2.23. The van der Waals surface area contributed by atoms with Crippen molar-refractivity contribution in [3.63, 3.8) is 0 Å². The maximum atomic E-state index is 10.1. The number of hydrogen-bond acceptors (Lipinski definition) is 6. The normalized spacial score (nSPS) is 11.8. The second-order valence-corrected chi connectivity index (χ2v) is 6.06. The van der Waals surface area contributed by atoms with Crippen molar-refractivity contribution in [1.82, 2.24) is 15.3 Å². The maximum Gasteiger partial charge on any atom is 0.141 e. The lowest BCUT2D eigenvalue weighted by Gasteiger charge is -2.25. The zero-order chi connectivity index (χ0) is 14.8. The Morgan fingerprint density at radius 1 is 1.35 bits per heavy atom. The number of aromatic nitrogens is 2. The van der Waals surface area contributed by atoms with Crippen molar-refractivity contribution in [2.24, 2.45) is 0 Å². The minimum Gasteiger partial charge on any atom is -0.506 e. The summed E-state index contributed by atoms with van der Waals surface area (Å²) in [6, 6.07) is 0. The van der Waals surface area contributed by atoms with Gasteiger partial charge in [-0.3, -0.25) is 4.98 Å². The summed E-state index contributed by atoms with van der Waals surface area (Å²) < 4.78 is 0. The van der Waals surface area contributed by atoms with Crippen LogP contribution in [-0.4, -0.2) is 20.2 Å². The van der Waals surface area contributed by atoms with Crippen LogP contribution in [0.15, 0.2) is 17.8 Å². The van der Waals surface area contributed by atoms with Crippen LogP contribution in [0.25, 0.3) is 0 Å². The van der Waals surface area contributed by atoms with Crippen LogP contribution in [0.4, 0.5) is 0 Å². The molecular weight excluding hydrogens is 274 g/mol. The van der Waals surface area contributed by atoms with Crippen molar-refractivity contribution in [2.75, 3.05) is 0 Å². The molecule has 0 aliphatic rings. The fourth-order valence-corrected chi connectivity index (χ4v) is 2.67. The van der Waals surface area contributed by atoms with Crippen molar-refractivity contribution >= 4 is 11.3 Å². The summed E-state index contributed by atoms with van der Waals surface area (Å²) in [4.78, 5) is 8.37. The van der Waals surface area contributed by atoms with Crippen molar-refractivity contribution in [3.05, 3.63) is 39.6 Å². The van der Waals surface area contributed by atoms with Gasteiger partial charge in [0.25, 0.3) is 0 Å². The van der Waals surface area contributed by atoms with E-state index in [-0.39, 0.29) is 17.9 Å². The number of nitrogens with zero attached hydrogens (tertiary/aromatic N) is 2. The van der Waals surface area contributed by atoms with Crippen LogP contribution >= 0.6 is 11.3 Å². The molecule has 108 valence electrons. The molecule has 0 fully saturated rings. The van der Waals surface area contributed by atoms with Crippen LogP contribution in [-0.2, 0) is 18.7 Å². The van der Waals surface area contributed by atoms with Crippen molar-refractivity contribution in [3.8, 4) is 5.75 Å². The number of pyridine rings is 1. The largest absolute Gasteiger partial charge is 0.506 e. The predicted molar refractivity (Wildman–Crippen MR) is 78.5 cm³/mol. The first kappa shape index (κ1) is 14.9. The Balaban J connectivity index is 2.21. The van der Waals surface area contributed by atoms with Crippen LogP contribution in [0.2, 0.25) is 0 Å². The number of rotatable bonds is 5. The summed E-state index contributed by atoms with van der Waals surface area (Å²) in [6.45, 7) is 6.12. The average molecular weight is 293 g/mol. The Kier molecular flexibility index (Phi) is 4.37. The Morgan fingerprint density at radius 3 is 2.70 bits per heavy atom. The molecule has 6 heteroatoms. The van der Waals surface area contributed by atoms with Crippen LogP contribution in [0, 0.1) is 6.92 Å². The van der Waals surface area contributed by atoms with Gasteiger partial charge in [0.15, 0.2) is 0 Å². The minimum atomic E-state index is -0.301. The first-order chi connectivity index (χ1) is 9.45. The van der Waals surface area contributed by atoms with Crippen LogP contribution < -0.4 is 5.32 Å². The van der Waals surface area contributed by atoms with Gasteiger partial charge in [0.05, 0.1) is 17.8 Å². The lowest BCUT2D eigenvalue weighted by atomic mass is 10.0. The Hall–Kier alpha value is -1.50. The summed E-state index contributed by atoms with van der Waals surface area (Å²) in [5.74, 6) is 0.138. The molecule has 2 aromatic heterocycles. The number of hydrogen-bond donors (Lipinski definition) is 3. The summed E-state index contributed by atoms with van der Waals surface area (Å²) in [5.41, 5.74) is 1.58. The number of thiazole rings is 1. The van der Waals surface area contributed by atoms with Crippen LogP contribution in [0.5, 0.6) is 5.75 Å². The molecule has 5 nitrogen and oxygen atoms in total. The van der Waals surface area contributed by atoms with E-state index in [9.17, 15) is 10.2 Å². The first-order valence-electron chi connectivity index (χ1n) is 6.38. The van der Waals surface area contributed by atoms with E-state index in [2.05, 4.69) is 15.3 Å². The molecule has 0 aliphatic carbocycles. The highest BCUT2D eigenvalue weighted by atomic mass is 32.1. The van der Waals surface area contributed by atoms with Gasteiger partial charge in [-0.1, -0.05) is 0 Å². The van der Waals surface area contributed by atoms with Gasteiger partial charge in [0, 0.05) is 35.4 Å². The number of aromatic hydroxyl groups is 1. The van der Waals surface area contributed by atoms with E-state index >= 15 is 0 Å². The fourth-order valence-electron chi connectivity index (χ4n) is 1.93. The summed E-state index contributed by atoms with van der Waals surface area (Å²) >= 11 is 1.58. The van der Waals surface area contributed by atoms with E-state index in [1.165, 1.54) is 0 Å². The number of nitrogens with one attached hydrogen (secondary N) is 1. The van der Waals surface area contributed by atoms with Gasteiger partial charge in [-0.05, 0) is 20.8 Å². The van der Waals surface area contributed by atoms with E-state index in [0.29, 0.717) is 23.4 Å². The smallest absolute Gasteiger partial charge is 0.141 e. The van der Waals surface area contributed by atoms with E-state index in [0.717, 1.165) is 5.01 Å². The molecule has 2 heterocycles. The Morgan fingerprint density at radius 2 is 2.10 bits per heavy atom. The number of aryl methyl sites for hydroxylation is 1. The standard InChI is InChI=1S/C14H19N3O2S/c1-9-12(19)11(10(8-18)6-16-9)7-17-14(2,3)13-15-4-5-20-13/h4-6,17-19H,7-8H2,1-3H3. The predicted octanol–water partition coefficient (Wildman–Crippen LogP) is 2.07. The fraction of sp³-hybridized carbons (Fsp3) is 0.429. The van der Waals surface area contributed by atoms with Gasteiger partial charge >= 0.3 is 0 Å². The number of aliphatic hydroxyl groups excluding tert-OH is 1. The van der Waals surface area contributed by atoms with Crippen molar-refractivity contribution < 1.29 is 10.2 Å². The lowest BCUT2D eigenvalue weighted by molar-refractivity contribution is 0.277. The molecule has 20 heavy (non-hydrogen) atoms. The summed E-state index contributed by atoms with van der Waals surface area (Å²) in [5, 5.41) is 25.8. The summed E-state index contributed by atoms with van der Waals surface area (Å²) in [6.07, 6.45) is 3.37. The number of aliphatic hydroxyl groups is 1. The molecule has 0 aromatic carbocycles. The minimum absolute atomic E-state index is 0.138. The highest BCUT2D eigenvalue weighted by molar-refractivity contribution is 7.09. The highest BCUT2D eigenvalue weighted by Crippen LogP contribution is 2.27. The lowest BCUT2D eigenvalue weighted by Crippen LogP contribution is -2.36. The molecule has 0 bridgehead atoms. The Labute approximate surface area is 122 Å². The van der Waals surface area contributed by atoms with Gasteiger partial charge in [-0.15, -0.1) is 11.3 Å². The van der Waals surface area contributed by atoms with Gasteiger partial charge in [0.2, 0.25) is 0 Å². The molecule has 0 saturated heterocycles. The van der Waals surface area contributed by atoms with E-state index in [1.807, 2.05) is 19.2 Å². The molecule has 2 aromatic rings. The molecule has 0 radical (unpaired) electrons. The third-order valence-corrected chi connectivity index (χ3v) is 4.37. The van der Waals surface area contributed by atoms with Crippen LogP contribution in [0.3, 0.4) is 0 Å². The first-order valence-corrected chi connectivity index (χ1v) is 7.26. The zero-order valence-electron chi connectivity index (χ0n) is 11.8. The van der Waals surface area contributed by atoms with Gasteiger partial charge in [-0.2, -0.15) is 0 Å². The molecule has 2 rings (SSSR count). The topological polar surface area (TPSA) is 78.3 Å². The van der Waals surface area contributed by atoms with E-state index in [1.54, 1.807) is 30.7 Å². The monoisotopic (exact) mass is 293 g/mol. The molecule has 3 N–H and O–H groups in total. The average Bonchev–Trinajstić information content (AvgIpc) is 2.95. The van der Waals surface area contributed by atoms with Crippen molar-refractivity contribution in [1.29, 1.82) is 0 Å². The van der Waals surface area contributed by atoms with E-state index < -0.39 is 0 Å². The molecular formula is C14H19N3O2S. The van der Waals surface area contributed by atoms with Crippen molar-refractivity contribution in [2.45, 2.75) is 39.5 Å². The second-order valence-electron chi connectivity index (χ2n) is 5.17. The molecule has 0 aliphatic heterocycles. The zero-order valence-corrected chi connectivity index (χ0v) is 12.7. The van der Waals surface area contributed by atoms with Crippen LogP contribution in [0.1, 0.15) is 35.7 Å². The SMILES string of the molecule is Cc1ncc(CO)c(CNC(C)(C)c2nccs2)c1O. The van der Waals surface area contributed by atoms with Gasteiger partial charge < -0.3 is 15.5 Å². The third-order valence-electron chi connectivity index (χ3n) is 3.27.